The Labute approximate surface area is 67.5 Å². The van der Waals surface area contributed by atoms with Crippen LogP contribution in [0, 0.1) is 11.3 Å². The summed E-state index contributed by atoms with van der Waals surface area (Å²) < 4.78 is 4.69. The normalized spacial score (nSPS) is 10.8. The Kier molecular flexibility index (Phi) is 2.23. The summed E-state index contributed by atoms with van der Waals surface area (Å²) in [4.78, 5) is 11.1. The molecule has 0 spiro atoms. The van der Waals surface area contributed by atoms with Gasteiger partial charge in [0, 0.05) is 0 Å². The third kappa shape index (κ3) is 1.32. The number of rotatable bonds is 2. The van der Waals surface area contributed by atoms with E-state index in [9.17, 15) is 4.79 Å². The SMILES string of the molecule is N#CC(=NO)C(=O)c1ccco1. The lowest BCUT2D eigenvalue weighted by molar-refractivity contribution is 0.103. The highest BCUT2D eigenvalue weighted by Gasteiger charge is 2.16. The fourth-order valence-electron chi connectivity index (χ4n) is 0.643. The summed E-state index contributed by atoms with van der Waals surface area (Å²) in [6.45, 7) is 0. The second-order valence-corrected chi connectivity index (χ2v) is 1.87. The third-order valence-electron chi connectivity index (χ3n) is 1.17. The largest absolute Gasteiger partial charge is 0.461 e. The molecule has 0 unspecified atom stereocenters. The molecule has 1 aromatic rings. The molecule has 0 aromatic carbocycles. The van der Waals surface area contributed by atoms with E-state index in [4.69, 9.17) is 10.5 Å². The number of carbonyl (C=O) groups excluding carboxylic acids is 1. The van der Waals surface area contributed by atoms with Crippen molar-refractivity contribution in [3.63, 3.8) is 0 Å². The maximum atomic E-state index is 11.1. The highest BCUT2D eigenvalue weighted by atomic mass is 16.4. The van der Waals surface area contributed by atoms with E-state index in [1.54, 1.807) is 0 Å². The van der Waals surface area contributed by atoms with Gasteiger partial charge in [0.15, 0.2) is 5.76 Å². The number of nitriles is 1. The maximum absolute atomic E-state index is 11.1. The predicted molar refractivity (Wildman–Crippen MR) is 37.9 cm³/mol. The molecular weight excluding hydrogens is 160 g/mol. The first kappa shape index (κ1) is 8.01. The molecule has 12 heavy (non-hydrogen) atoms. The van der Waals surface area contributed by atoms with Crippen LogP contribution >= 0.6 is 0 Å². The van der Waals surface area contributed by atoms with Crippen molar-refractivity contribution in [2.24, 2.45) is 5.16 Å². The first-order chi connectivity index (χ1) is 5.79. The Balaban J connectivity index is 2.95. The van der Waals surface area contributed by atoms with Gasteiger partial charge in [-0.25, -0.2) is 0 Å². The highest BCUT2D eigenvalue weighted by molar-refractivity contribution is 6.50. The van der Waals surface area contributed by atoms with E-state index >= 15 is 0 Å². The van der Waals surface area contributed by atoms with Crippen LogP contribution < -0.4 is 0 Å². The summed E-state index contributed by atoms with van der Waals surface area (Å²) in [5.74, 6) is -0.755. The van der Waals surface area contributed by atoms with Gasteiger partial charge in [-0.2, -0.15) is 5.26 Å². The number of oxime groups is 1. The molecule has 1 rings (SSSR count). The Morgan fingerprint density at radius 2 is 2.50 bits per heavy atom. The van der Waals surface area contributed by atoms with Gasteiger partial charge in [-0.1, -0.05) is 5.16 Å². The van der Waals surface area contributed by atoms with E-state index in [0.717, 1.165) is 0 Å². The van der Waals surface area contributed by atoms with Crippen LogP contribution in [0.1, 0.15) is 10.6 Å². The van der Waals surface area contributed by atoms with Crippen LogP contribution in [0.5, 0.6) is 0 Å². The first-order valence-corrected chi connectivity index (χ1v) is 3.00. The molecule has 5 nitrogen and oxygen atoms in total. The van der Waals surface area contributed by atoms with Crippen molar-refractivity contribution >= 4 is 11.5 Å². The summed E-state index contributed by atoms with van der Waals surface area (Å²) in [7, 11) is 0. The molecular formula is C7H4N2O3. The maximum Gasteiger partial charge on any atom is 0.260 e. The van der Waals surface area contributed by atoms with Gasteiger partial charge in [0.05, 0.1) is 6.26 Å². The minimum absolute atomic E-state index is 0.0237. The van der Waals surface area contributed by atoms with E-state index in [-0.39, 0.29) is 5.76 Å². The van der Waals surface area contributed by atoms with Crippen LogP contribution in [-0.4, -0.2) is 16.7 Å². The van der Waals surface area contributed by atoms with Crippen molar-refractivity contribution in [2.45, 2.75) is 0 Å². The molecule has 0 aliphatic rings. The average Bonchev–Trinajstić information content (AvgIpc) is 2.58. The van der Waals surface area contributed by atoms with Gasteiger partial charge < -0.3 is 9.62 Å². The van der Waals surface area contributed by atoms with Crippen LogP contribution in [0.15, 0.2) is 28.0 Å². The zero-order valence-electron chi connectivity index (χ0n) is 5.89. The molecule has 0 bridgehead atoms. The van der Waals surface area contributed by atoms with Crippen LogP contribution in [-0.2, 0) is 0 Å². The Hall–Kier alpha value is -2.09. The van der Waals surface area contributed by atoms with Crippen LogP contribution in [0.25, 0.3) is 0 Å². The lowest BCUT2D eigenvalue weighted by Gasteiger charge is -1.88. The molecule has 5 heteroatoms. The lowest BCUT2D eigenvalue weighted by Crippen LogP contribution is -2.10. The summed E-state index contributed by atoms with van der Waals surface area (Å²) >= 11 is 0. The molecule has 1 N–H and O–H groups in total. The molecule has 0 fully saturated rings. The van der Waals surface area contributed by atoms with Crippen molar-refractivity contribution in [1.29, 1.82) is 5.26 Å². The molecule has 1 heterocycles. The number of furan rings is 1. The fraction of sp³-hybridized carbons (Fsp3) is 0. The summed E-state index contributed by atoms with van der Waals surface area (Å²) in [5.41, 5.74) is -0.593. The minimum atomic E-state index is -0.731. The Morgan fingerprint density at radius 1 is 1.75 bits per heavy atom. The summed E-state index contributed by atoms with van der Waals surface area (Å²) in [5, 5.41) is 19.0. The van der Waals surface area contributed by atoms with E-state index < -0.39 is 11.5 Å². The summed E-state index contributed by atoms with van der Waals surface area (Å²) in [6, 6.07) is 4.31. The Bertz CT molecular complexity index is 345. The monoisotopic (exact) mass is 164 g/mol. The van der Waals surface area contributed by atoms with E-state index in [0.29, 0.717) is 0 Å². The van der Waals surface area contributed by atoms with E-state index in [1.165, 1.54) is 24.5 Å². The molecule has 0 radical (unpaired) electrons. The quantitative estimate of drug-likeness (QED) is 0.303. The van der Waals surface area contributed by atoms with Gasteiger partial charge in [0.1, 0.15) is 6.07 Å². The average molecular weight is 164 g/mol. The second kappa shape index (κ2) is 3.34. The van der Waals surface area contributed by atoms with Gasteiger partial charge in [0.25, 0.3) is 5.78 Å². The molecule has 60 valence electrons. The number of nitrogens with zero attached hydrogens (tertiary/aromatic N) is 2. The van der Waals surface area contributed by atoms with Crippen molar-refractivity contribution < 1.29 is 14.4 Å². The third-order valence-corrected chi connectivity index (χ3v) is 1.17. The van der Waals surface area contributed by atoms with Gasteiger partial charge in [-0.05, 0) is 12.1 Å². The molecule has 0 atom stereocenters. The van der Waals surface area contributed by atoms with Crippen molar-refractivity contribution in [3.8, 4) is 6.07 Å². The number of hydrogen-bond donors (Lipinski definition) is 1. The van der Waals surface area contributed by atoms with E-state index in [1.807, 2.05) is 0 Å². The number of ketones is 1. The van der Waals surface area contributed by atoms with Crippen molar-refractivity contribution in [1.82, 2.24) is 0 Å². The van der Waals surface area contributed by atoms with Crippen LogP contribution in [0.2, 0.25) is 0 Å². The number of carbonyl (C=O) groups is 1. The van der Waals surface area contributed by atoms with Gasteiger partial charge >= 0.3 is 0 Å². The van der Waals surface area contributed by atoms with Gasteiger partial charge in [-0.3, -0.25) is 4.79 Å². The summed E-state index contributed by atoms with van der Waals surface area (Å²) in [6.07, 6.45) is 1.29. The van der Waals surface area contributed by atoms with Crippen LogP contribution in [0.4, 0.5) is 0 Å². The van der Waals surface area contributed by atoms with Gasteiger partial charge in [-0.15, -0.1) is 0 Å². The fourth-order valence-corrected chi connectivity index (χ4v) is 0.643. The standard InChI is InChI=1S/C7H4N2O3/c8-4-5(9-11)7(10)6-2-1-3-12-6/h1-3,11H. The van der Waals surface area contributed by atoms with E-state index in [2.05, 4.69) is 9.57 Å². The zero-order chi connectivity index (χ0) is 8.97. The minimum Gasteiger partial charge on any atom is -0.461 e. The molecule has 0 aliphatic carbocycles. The molecule has 1 aromatic heterocycles. The number of Topliss-reactive ketones (excluding diaryl/α,β-unsaturated/α-hetero) is 1. The Morgan fingerprint density at radius 3 is 2.92 bits per heavy atom. The molecule has 0 saturated heterocycles. The smallest absolute Gasteiger partial charge is 0.260 e. The molecule has 0 saturated carbocycles. The molecule has 0 amide bonds. The highest BCUT2D eigenvalue weighted by Crippen LogP contribution is 2.01. The van der Waals surface area contributed by atoms with Crippen molar-refractivity contribution in [3.05, 3.63) is 24.2 Å². The lowest BCUT2D eigenvalue weighted by atomic mass is 10.2. The number of hydrogen-bond acceptors (Lipinski definition) is 5. The topological polar surface area (TPSA) is 86.6 Å². The predicted octanol–water partition coefficient (Wildman–Crippen LogP) is 0.816. The first-order valence-electron chi connectivity index (χ1n) is 3.00. The zero-order valence-corrected chi connectivity index (χ0v) is 5.89. The second-order valence-electron chi connectivity index (χ2n) is 1.87. The molecule has 0 aliphatic heterocycles. The van der Waals surface area contributed by atoms with Crippen molar-refractivity contribution in [2.75, 3.05) is 0 Å². The van der Waals surface area contributed by atoms with Gasteiger partial charge in [0.2, 0.25) is 5.71 Å². The van der Waals surface area contributed by atoms with Crippen LogP contribution in [0.3, 0.4) is 0 Å².